The van der Waals surface area contributed by atoms with Crippen LogP contribution in [0, 0.1) is 5.39 Å². The SMILES string of the molecule is CC1(C)Cc2c(sc3nc(N[N+]#N)n4ncnc4c23)CO1. The molecule has 0 amide bonds. The highest BCUT2D eigenvalue weighted by Crippen LogP contribution is 2.40. The molecule has 1 aliphatic heterocycles. The largest absolute Gasteiger partial charge is 0.370 e. The first kappa shape index (κ1) is 12.4. The summed E-state index contributed by atoms with van der Waals surface area (Å²) in [6.07, 6.45) is 2.28. The van der Waals surface area contributed by atoms with Crippen molar-refractivity contribution >= 4 is 33.1 Å². The van der Waals surface area contributed by atoms with Crippen molar-refractivity contribution in [3.8, 4) is 0 Å². The fourth-order valence-corrected chi connectivity index (χ4v) is 3.77. The molecule has 0 saturated carbocycles. The summed E-state index contributed by atoms with van der Waals surface area (Å²) >= 11 is 1.58. The Morgan fingerprint density at radius 3 is 3.19 bits per heavy atom. The second-order valence-electron chi connectivity index (χ2n) is 5.55. The maximum absolute atomic E-state index is 8.72. The highest BCUT2D eigenvalue weighted by Gasteiger charge is 2.31. The predicted octanol–water partition coefficient (Wildman–Crippen LogP) is 2.37. The number of thiophene rings is 1. The number of nitrogens with zero attached hydrogens (tertiary/aromatic N) is 6. The third-order valence-electron chi connectivity index (χ3n) is 3.60. The third-order valence-corrected chi connectivity index (χ3v) is 4.70. The second kappa shape index (κ2) is 4.09. The molecule has 0 radical (unpaired) electrons. The number of fused-ring (bicyclic) bond motifs is 5. The van der Waals surface area contributed by atoms with E-state index in [0.29, 0.717) is 18.2 Å². The van der Waals surface area contributed by atoms with Gasteiger partial charge in [0.1, 0.15) is 11.2 Å². The van der Waals surface area contributed by atoms with Gasteiger partial charge in [0.25, 0.3) is 5.39 Å². The number of aromatic nitrogens is 4. The average molecular weight is 302 g/mol. The number of hydrogen-bond donors (Lipinski definition) is 1. The first-order valence-electron chi connectivity index (χ1n) is 6.47. The van der Waals surface area contributed by atoms with Crippen LogP contribution in [0.1, 0.15) is 24.3 Å². The molecule has 3 aromatic heterocycles. The lowest BCUT2D eigenvalue weighted by Crippen LogP contribution is -2.31. The normalized spacial score (nSPS) is 16.8. The van der Waals surface area contributed by atoms with E-state index in [1.54, 1.807) is 11.3 Å². The Morgan fingerprint density at radius 1 is 1.52 bits per heavy atom. The van der Waals surface area contributed by atoms with Crippen LogP contribution in [0.15, 0.2) is 6.33 Å². The molecular formula is C12H12N7OS+. The van der Waals surface area contributed by atoms with Crippen LogP contribution in [-0.4, -0.2) is 25.2 Å². The van der Waals surface area contributed by atoms with Gasteiger partial charge in [0, 0.05) is 16.7 Å². The summed E-state index contributed by atoms with van der Waals surface area (Å²) < 4.78 is 7.40. The molecule has 0 spiro atoms. The van der Waals surface area contributed by atoms with Gasteiger partial charge in [-0.1, -0.05) is 0 Å². The first-order valence-corrected chi connectivity index (χ1v) is 7.29. The summed E-state index contributed by atoms with van der Waals surface area (Å²) in [4.78, 5) is 10.8. The lowest BCUT2D eigenvalue weighted by molar-refractivity contribution is -0.0379. The Morgan fingerprint density at radius 2 is 2.38 bits per heavy atom. The van der Waals surface area contributed by atoms with Crippen LogP contribution in [0.5, 0.6) is 0 Å². The molecule has 4 rings (SSSR count). The van der Waals surface area contributed by atoms with Crippen LogP contribution >= 0.6 is 11.3 Å². The predicted molar refractivity (Wildman–Crippen MR) is 77.4 cm³/mol. The van der Waals surface area contributed by atoms with Crippen molar-refractivity contribution in [1.29, 1.82) is 5.39 Å². The van der Waals surface area contributed by atoms with E-state index in [4.69, 9.17) is 10.1 Å². The van der Waals surface area contributed by atoms with Gasteiger partial charge in [0.05, 0.1) is 17.6 Å². The molecule has 0 aromatic carbocycles. The summed E-state index contributed by atoms with van der Waals surface area (Å²) in [6, 6.07) is 0. The van der Waals surface area contributed by atoms with Gasteiger partial charge in [0.2, 0.25) is 0 Å². The molecule has 106 valence electrons. The minimum Gasteiger partial charge on any atom is -0.370 e. The van der Waals surface area contributed by atoms with Crippen molar-refractivity contribution < 1.29 is 4.74 Å². The Bertz CT molecular complexity index is 904. The van der Waals surface area contributed by atoms with Gasteiger partial charge in [-0.2, -0.15) is 14.6 Å². The molecule has 4 heterocycles. The molecule has 21 heavy (non-hydrogen) atoms. The molecule has 1 aliphatic rings. The number of anilines is 1. The van der Waals surface area contributed by atoms with Gasteiger partial charge >= 0.3 is 11.0 Å². The zero-order valence-corrected chi connectivity index (χ0v) is 12.3. The maximum atomic E-state index is 8.72. The molecule has 9 heteroatoms. The van der Waals surface area contributed by atoms with Crippen molar-refractivity contribution in [2.75, 3.05) is 5.43 Å². The lowest BCUT2D eigenvalue weighted by atomic mass is 9.94. The Labute approximate surface area is 123 Å². The van der Waals surface area contributed by atoms with Crippen LogP contribution in [0.25, 0.3) is 20.9 Å². The van der Waals surface area contributed by atoms with Crippen molar-refractivity contribution in [2.45, 2.75) is 32.5 Å². The van der Waals surface area contributed by atoms with E-state index < -0.39 is 0 Å². The summed E-state index contributed by atoms with van der Waals surface area (Å²) in [6.45, 7) is 4.74. The third kappa shape index (κ3) is 1.76. The van der Waals surface area contributed by atoms with Gasteiger partial charge < -0.3 is 4.74 Å². The molecule has 0 fully saturated rings. The van der Waals surface area contributed by atoms with Gasteiger partial charge in [-0.15, -0.1) is 11.3 Å². The molecule has 0 bridgehead atoms. The van der Waals surface area contributed by atoms with Crippen molar-refractivity contribution in [3.63, 3.8) is 0 Å². The monoisotopic (exact) mass is 302 g/mol. The lowest BCUT2D eigenvalue weighted by Gasteiger charge is -2.30. The van der Waals surface area contributed by atoms with Gasteiger partial charge in [-0.3, -0.25) is 0 Å². The summed E-state index contributed by atoms with van der Waals surface area (Å²) in [5, 5.41) is 16.8. The maximum Gasteiger partial charge on any atom is 0.311 e. The molecule has 8 nitrogen and oxygen atoms in total. The van der Waals surface area contributed by atoms with E-state index >= 15 is 0 Å². The molecule has 0 aliphatic carbocycles. The van der Waals surface area contributed by atoms with E-state index in [9.17, 15) is 0 Å². The minimum absolute atomic E-state index is 0.199. The van der Waals surface area contributed by atoms with Crippen molar-refractivity contribution in [3.05, 3.63) is 21.9 Å². The number of ether oxygens (including phenoxy) is 1. The van der Waals surface area contributed by atoms with E-state index in [2.05, 4.69) is 39.4 Å². The van der Waals surface area contributed by atoms with Crippen LogP contribution in [0.2, 0.25) is 0 Å². The Balaban J connectivity index is 2.07. The first-order chi connectivity index (χ1) is 10.1. The summed E-state index contributed by atoms with van der Waals surface area (Å²) in [7, 11) is 0. The minimum atomic E-state index is -0.199. The van der Waals surface area contributed by atoms with Crippen LogP contribution in [0.4, 0.5) is 5.95 Å². The number of diazo groups is 1. The summed E-state index contributed by atoms with van der Waals surface area (Å²) in [5.41, 5.74) is 4.17. The number of hydrogen-bond acceptors (Lipinski definition) is 7. The average Bonchev–Trinajstić information content (AvgIpc) is 3.01. The van der Waals surface area contributed by atoms with Gasteiger partial charge in [-0.25, -0.2) is 4.98 Å². The topological polar surface area (TPSA) is 92.5 Å². The van der Waals surface area contributed by atoms with Crippen LogP contribution in [-0.2, 0) is 17.8 Å². The second-order valence-corrected chi connectivity index (χ2v) is 6.64. The molecule has 0 atom stereocenters. The van der Waals surface area contributed by atoms with E-state index in [1.807, 2.05) is 0 Å². The van der Waals surface area contributed by atoms with E-state index in [-0.39, 0.29) is 5.60 Å². The quantitative estimate of drug-likeness (QED) is 0.548. The Kier molecular flexibility index (Phi) is 2.42. The van der Waals surface area contributed by atoms with Crippen molar-refractivity contribution in [2.24, 2.45) is 0 Å². The molecule has 3 aromatic rings. The fraction of sp³-hybridized carbons (Fsp3) is 0.417. The smallest absolute Gasteiger partial charge is 0.311 e. The highest BCUT2D eigenvalue weighted by molar-refractivity contribution is 7.19. The van der Waals surface area contributed by atoms with Crippen molar-refractivity contribution in [1.82, 2.24) is 19.6 Å². The zero-order chi connectivity index (χ0) is 14.6. The van der Waals surface area contributed by atoms with Gasteiger partial charge in [-0.05, 0) is 19.4 Å². The van der Waals surface area contributed by atoms with E-state index in [0.717, 1.165) is 16.6 Å². The zero-order valence-electron chi connectivity index (χ0n) is 11.5. The van der Waals surface area contributed by atoms with Gasteiger partial charge in [0.15, 0.2) is 5.65 Å². The number of nitrogens with one attached hydrogen (secondary N) is 1. The number of rotatable bonds is 1. The molecule has 0 unspecified atom stereocenters. The van der Waals surface area contributed by atoms with Crippen LogP contribution in [0.3, 0.4) is 0 Å². The molecule has 0 saturated heterocycles. The van der Waals surface area contributed by atoms with E-state index in [1.165, 1.54) is 21.3 Å². The Hall–Kier alpha value is -2.31. The standard InChI is InChI=1S/C12H12N7OS/c1-12(2)3-6-7(4-20-12)21-10-8(6)9-14-5-15-19(9)11(16-10)17-18-13/h5H,3-4H2,1-2H3,(H,16,17)/q+1. The van der Waals surface area contributed by atoms with Crippen LogP contribution < -0.4 is 5.43 Å². The summed E-state index contributed by atoms with van der Waals surface area (Å²) in [5.74, 6) is 0.330. The fourth-order valence-electron chi connectivity index (χ4n) is 2.68. The molecular weight excluding hydrogens is 290 g/mol. The highest BCUT2D eigenvalue weighted by atomic mass is 32.1. The molecule has 1 N–H and O–H groups in total.